The summed E-state index contributed by atoms with van der Waals surface area (Å²) in [6.07, 6.45) is 12.4. The first-order valence-electron chi connectivity index (χ1n) is 6.41. The van der Waals surface area contributed by atoms with Crippen LogP contribution in [0.1, 0.15) is 56.3 Å². The van der Waals surface area contributed by atoms with Crippen molar-refractivity contribution in [3.63, 3.8) is 0 Å². The van der Waals surface area contributed by atoms with E-state index in [4.69, 9.17) is 6.42 Å². The monoisotopic (exact) mass is 247 g/mol. The second-order valence-electron chi connectivity index (χ2n) is 4.87. The first kappa shape index (κ1) is 11.2. The highest BCUT2D eigenvalue weighted by Crippen LogP contribution is 2.45. The third kappa shape index (κ3) is 2.50. The molecule has 3 rings (SSSR count). The average Bonchev–Trinajstić information content (AvgIpc) is 3.23. The minimum absolute atomic E-state index is 0.690. The minimum Gasteiger partial charge on any atom is -0.303 e. The molecule has 90 valence electrons. The largest absolute Gasteiger partial charge is 0.303 e. The van der Waals surface area contributed by atoms with Gasteiger partial charge in [-0.2, -0.15) is 0 Å². The van der Waals surface area contributed by atoms with Crippen LogP contribution >= 0.6 is 11.8 Å². The van der Waals surface area contributed by atoms with E-state index in [9.17, 15) is 0 Å². The standard InChI is InChI=1S/C13H17N3S/c1-2-3-4-9-17-13-15-14-12(10-5-6-10)16(13)11-7-8-11/h1,10-11H,3-9H2. The Hall–Kier alpha value is -0.950. The molecule has 2 aliphatic carbocycles. The summed E-state index contributed by atoms with van der Waals surface area (Å²) in [6.45, 7) is 0. The first-order valence-corrected chi connectivity index (χ1v) is 7.39. The summed E-state index contributed by atoms with van der Waals surface area (Å²) >= 11 is 1.82. The van der Waals surface area contributed by atoms with Crippen molar-refractivity contribution in [2.24, 2.45) is 0 Å². The Morgan fingerprint density at radius 1 is 1.29 bits per heavy atom. The van der Waals surface area contributed by atoms with E-state index in [0.717, 1.165) is 23.8 Å². The van der Waals surface area contributed by atoms with Crippen molar-refractivity contribution in [1.82, 2.24) is 14.8 Å². The minimum atomic E-state index is 0.690. The summed E-state index contributed by atoms with van der Waals surface area (Å²) < 4.78 is 2.40. The summed E-state index contributed by atoms with van der Waals surface area (Å²) in [6, 6.07) is 0.690. The molecule has 1 heterocycles. The molecule has 0 unspecified atom stereocenters. The second kappa shape index (κ2) is 4.73. The van der Waals surface area contributed by atoms with Gasteiger partial charge in [-0.25, -0.2) is 0 Å². The molecule has 0 spiro atoms. The lowest BCUT2D eigenvalue weighted by atomic mass is 10.4. The number of aromatic nitrogens is 3. The zero-order valence-corrected chi connectivity index (χ0v) is 10.7. The zero-order chi connectivity index (χ0) is 11.7. The molecule has 17 heavy (non-hydrogen) atoms. The highest BCUT2D eigenvalue weighted by atomic mass is 32.2. The molecular weight excluding hydrogens is 230 g/mol. The van der Waals surface area contributed by atoms with Crippen molar-refractivity contribution >= 4 is 11.8 Å². The third-order valence-electron chi connectivity index (χ3n) is 3.24. The molecular formula is C13H17N3S. The molecule has 2 aliphatic rings. The number of terminal acetylenes is 1. The van der Waals surface area contributed by atoms with Crippen LogP contribution in [0.25, 0.3) is 0 Å². The van der Waals surface area contributed by atoms with Gasteiger partial charge in [-0.1, -0.05) is 11.8 Å². The Morgan fingerprint density at radius 3 is 2.76 bits per heavy atom. The number of thioether (sulfide) groups is 1. The predicted octanol–water partition coefficient (Wildman–Crippen LogP) is 3.00. The molecule has 3 nitrogen and oxygen atoms in total. The van der Waals surface area contributed by atoms with Crippen LogP contribution in [-0.2, 0) is 0 Å². The average molecular weight is 247 g/mol. The fourth-order valence-electron chi connectivity index (χ4n) is 2.02. The van der Waals surface area contributed by atoms with Crippen LogP contribution < -0.4 is 0 Å². The summed E-state index contributed by atoms with van der Waals surface area (Å²) in [4.78, 5) is 0. The van der Waals surface area contributed by atoms with E-state index in [0.29, 0.717) is 12.0 Å². The van der Waals surface area contributed by atoms with Crippen LogP contribution in [0.4, 0.5) is 0 Å². The molecule has 0 saturated heterocycles. The smallest absolute Gasteiger partial charge is 0.191 e. The van der Waals surface area contributed by atoms with E-state index in [-0.39, 0.29) is 0 Å². The van der Waals surface area contributed by atoms with Gasteiger partial charge in [0.05, 0.1) is 0 Å². The maximum atomic E-state index is 5.26. The molecule has 0 atom stereocenters. The van der Waals surface area contributed by atoms with Gasteiger partial charge in [0.25, 0.3) is 0 Å². The molecule has 0 amide bonds. The second-order valence-corrected chi connectivity index (χ2v) is 5.93. The van der Waals surface area contributed by atoms with Crippen LogP contribution in [0.2, 0.25) is 0 Å². The number of nitrogens with zero attached hydrogens (tertiary/aromatic N) is 3. The van der Waals surface area contributed by atoms with E-state index in [2.05, 4.69) is 20.7 Å². The fraction of sp³-hybridized carbons (Fsp3) is 0.692. The molecule has 0 bridgehead atoms. The molecule has 0 aromatic carbocycles. The summed E-state index contributed by atoms with van der Waals surface area (Å²) in [5.74, 6) is 5.68. The summed E-state index contributed by atoms with van der Waals surface area (Å²) in [5, 5.41) is 9.87. The van der Waals surface area contributed by atoms with Gasteiger partial charge in [0.2, 0.25) is 0 Å². The maximum Gasteiger partial charge on any atom is 0.191 e. The Morgan fingerprint density at radius 2 is 2.12 bits per heavy atom. The lowest BCUT2D eigenvalue weighted by Crippen LogP contribution is -2.02. The van der Waals surface area contributed by atoms with Crippen LogP contribution in [0, 0.1) is 12.3 Å². The summed E-state index contributed by atoms with van der Waals surface area (Å²) in [5.41, 5.74) is 0. The number of rotatable bonds is 6. The quantitative estimate of drug-likeness (QED) is 0.440. The molecule has 0 aliphatic heterocycles. The van der Waals surface area contributed by atoms with Crippen molar-refractivity contribution in [3.05, 3.63) is 5.82 Å². The SMILES string of the molecule is C#CCCCSc1nnc(C2CC2)n1C1CC1. The van der Waals surface area contributed by atoms with Crippen molar-refractivity contribution in [3.8, 4) is 12.3 Å². The van der Waals surface area contributed by atoms with Gasteiger partial charge >= 0.3 is 0 Å². The van der Waals surface area contributed by atoms with E-state index in [1.54, 1.807) is 0 Å². The predicted molar refractivity (Wildman–Crippen MR) is 69.1 cm³/mol. The zero-order valence-electron chi connectivity index (χ0n) is 9.93. The third-order valence-corrected chi connectivity index (χ3v) is 4.27. The van der Waals surface area contributed by atoms with Gasteiger partial charge in [-0.15, -0.1) is 22.5 Å². The van der Waals surface area contributed by atoms with E-state index >= 15 is 0 Å². The molecule has 2 fully saturated rings. The number of unbranched alkanes of at least 4 members (excludes halogenated alkanes) is 1. The highest BCUT2D eigenvalue weighted by molar-refractivity contribution is 7.99. The molecule has 1 aromatic heterocycles. The molecule has 0 N–H and O–H groups in total. The Kier molecular flexibility index (Phi) is 3.11. The van der Waals surface area contributed by atoms with E-state index in [1.807, 2.05) is 11.8 Å². The Bertz CT molecular complexity index is 438. The van der Waals surface area contributed by atoms with Crippen molar-refractivity contribution in [2.75, 3.05) is 5.75 Å². The normalized spacial score (nSPS) is 19.2. The first-order chi connectivity index (χ1) is 8.40. The van der Waals surface area contributed by atoms with Gasteiger partial charge in [-0.05, 0) is 32.1 Å². The van der Waals surface area contributed by atoms with E-state index < -0.39 is 0 Å². The van der Waals surface area contributed by atoms with Crippen LogP contribution in [0.5, 0.6) is 0 Å². The fourth-order valence-corrected chi connectivity index (χ4v) is 2.97. The van der Waals surface area contributed by atoms with Crippen LogP contribution in [0.3, 0.4) is 0 Å². The molecule has 4 heteroatoms. The Labute approximate surface area is 106 Å². The number of hydrogen-bond acceptors (Lipinski definition) is 3. The van der Waals surface area contributed by atoms with E-state index in [1.165, 1.54) is 31.5 Å². The van der Waals surface area contributed by atoms with Crippen molar-refractivity contribution in [1.29, 1.82) is 0 Å². The molecule has 0 radical (unpaired) electrons. The van der Waals surface area contributed by atoms with Gasteiger partial charge < -0.3 is 4.57 Å². The van der Waals surface area contributed by atoms with Gasteiger partial charge in [-0.3, -0.25) is 0 Å². The molecule has 1 aromatic rings. The van der Waals surface area contributed by atoms with Gasteiger partial charge in [0, 0.05) is 24.1 Å². The highest BCUT2D eigenvalue weighted by Gasteiger charge is 2.36. The lowest BCUT2D eigenvalue weighted by molar-refractivity contribution is 0.626. The van der Waals surface area contributed by atoms with Crippen molar-refractivity contribution < 1.29 is 0 Å². The van der Waals surface area contributed by atoms with Gasteiger partial charge in [0.15, 0.2) is 5.16 Å². The van der Waals surface area contributed by atoms with Crippen LogP contribution in [-0.4, -0.2) is 20.5 Å². The lowest BCUT2D eigenvalue weighted by Gasteiger charge is -2.07. The topological polar surface area (TPSA) is 30.7 Å². The summed E-state index contributed by atoms with van der Waals surface area (Å²) in [7, 11) is 0. The van der Waals surface area contributed by atoms with Crippen LogP contribution in [0.15, 0.2) is 5.16 Å². The molecule has 2 saturated carbocycles. The van der Waals surface area contributed by atoms with Crippen molar-refractivity contribution in [2.45, 2.75) is 55.6 Å². The Balaban J connectivity index is 1.68. The maximum absolute atomic E-state index is 5.26. The number of hydrogen-bond donors (Lipinski definition) is 0. The van der Waals surface area contributed by atoms with Gasteiger partial charge in [0.1, 0.15) is 5.82 Å².